The van der Waals surface area contributed by atoms with Crippen molar-refractivity contribution in [3.63, 3.8) is 0 Å². The Morgan fingerprint density at radius 1 is 1.32 bits per heavy atom. The Labute approximate surface area is 118 Å². The molecule has 0 saturated carbocycles. The first-order valence-electron chi connectivity index (χ1n) is 7.75. The molecule has 0 aromatic rings. The lowest BCUT2D eigenvalue weighted by molar-refractivity contribution is 0.420. The highest BCUT2D eigenvalue weighted by molar-refractivity contribution is 5.37. The van der Waals surface area contributed by atoms with Crippen molar-refractivity contribution < 1.29 is 0 Å². The van der Waals surface area contributed by atoms with Crippen LogP contribution in [0.4, 0.5) is 0 Å². The minimum Gasteiger partial charge on any atom is -0.386 e. The zero-order valence-corrected chi connectivity index (χ0v) is 12.6. The van der Waals surface area contributed by atoms with Crippen molar-refractivity contribution in [2.75, 3.05) is 19.6 Å². The SMILES string of the molecule is CCNC1=CC(C)(CC)C=C([C@H]2CCCNC2)C=C1. The van der Waals surface area contributed by atoms with Gasteiger partial charge in [0, 0.05) is 24.2 Å². The molecule has 0 amide bonds. The lowest BCUT2D eigenvalue weighted by Crippen LogP contribution is -2.30. The van der Waals surface area contributed by atoms with E-state index in [1.165, 1.54) is 30.7 Å². The van der Waals surface area contributed by atoms with Crippen LogP contribution in [-0.4, -0.2) is 19.6 Å². The molecule has 1 heterocycles. The van der Waals surface area contributed by atoms with Crippen LogP contribution in [0.1, 0.15) is 40.0 Å². The van der Waals surface area contributed by atoms with Crippen LogP contribution in [0.5, 0.6) is 0 Å². The molecule has 0 radical (unpaired) electrons. The van der Waals surface area contributed by atoms with E-state index < -0.39 is 0 Å². The average Bonchev–Trinajstić information content (AvgIpc) is 2.60. The Balaban J connectivity index is 2.22. The molecule has 0 aromatic carbocycles. The molecule has 0 bridgehead atoms. The summed E-state index contributed by atoms with van der Waals surface area (Å²) in [4.78, 5) is 0. The second-order valence-electron chi connectivity index (χ2n) is 6.01. The zero-order valence-electron chi connectivity index (χ0n) is 12.6. The van der Waals surface area contributed by atoms with Gasteiger partial charge in [0.2, 0.25) is 0 Å². The van der Waals surface area contributed by atoms with Gasteiger partial charge in [-0.25, -0.2) is 0 Å². The Hall–Kier alpha value is -1.02. The van der Waals surface area contributed by atoms with Gasteiger partial charge in [-0.15, -0.1) is 0 Å². The van der Waals surface area contributed by atoms with Gasteiger partial charge < -0.3 is 10.6 Å². The van der Waals surface area contributed by atoms with E-state index in [0.717, 1.165) is 19.5 Å². The summed E-state index contributed by atoms with van der Waals surface area (Å²) < 4.78 is 0. The van der Waals surface area contributed by atoms with Gasteiger partial charge in [0.1, 0.15) is 0 Å². The van der Waals surface area contributed by atoms with Gasteiger partial charge in [-0.1, -0.05) is 32.1 Å². The standard InChI is InChI=1S/C17H28N2/c1-4-17(3)11-14(15-7-6-10-18-13-15)8-9-16(12-17)19-5-2/h8-9,11-12,15,18-19H,4-7,10,13H2,1-3H3/t15-,17?/m0/s1. The fraction of sp³-hybridized carbons (Fsp3) is 0.647. The monoisotopic (exact) mass is 260 g/mol. The Kier molecular flexibility index (Phi) is 4.87. The molecule has 1 saturated heterocycles. The fourth-order valence-electron chi connectivity index (χ4n) is 2.97. The zero-order chi connectivity index (χ0) is 13.7. The van der Waals surface area contributed by atoms with Crippen LogP contribution >= 0.6 is 0 Å². The quantitative estimate of drug-likeness (QED) is 0.809. The highest BCUT2D eigenvalue weighted by atomic mass is 14.9. The predicted molar refractivity (Wildman–Crippen MR) is 83.0 cm³/mol. The molecule has 0 spiro atoms. The van der Waals surface area contributed by atoms with Crippen molar-refractivity contribution in [1.82, 2.24) is 10.6 Å². The molecule has 0 aromatic heterocycles. The highest BCUT2D eigenvalue weighted by Crippen LogP contribution is 2.34. The summed E-state index contributed by atoms with van der Waals surface area (Å²) in [6.07, 6.45) is 13.2. The summed E-state index contributed by atoms with van der Waals surface area (Å²) in [6, 6.07) is 0. The van der Waals surface area contributed by atoms with E-state index in [1.54, 1.807) is 0 Å². The fourth-order valence-corrected chi connectivity index (χ4v) is 2.97. The third kappa shape index (κ3) is 3.73. The van der Waals surface area contributed by atoms with Crippen molar-refractivity contribution in [2.45, 2.75) is 40.0 Å². The highest BCUT2D eigenvalue weighted by Gasteiger charge is 2.23. The lowest BCUT2D eigenvalue weighted by atomic mass is 9.81. The molecule has 2 N–H and O–H groups in total. The maximum absolute atomic E-state index is 3.53. The number of hydrogen-bond acceptors (Lipinski definition) is 2. The van der Waals surface area contributed by atoms with Crippen molar-refractivity contribution >= 4 is 0 Å². The number of allylic oxidation sites excluding steroid dienone is 4. The molecule has 1 fully saturated rings. The molecular weight excluding hydrogens is 232 g/mol. The normalized spacial score (nSPS) is 31.4. The van der Waals surface area contributed by atoms with Gasteiger partial charge in [0.05, 0.1) is 0 Å². The van der Waals surface area contributed by atoms with E-state index in [9.17, 15) is 0 Å². The van der Waals surface area contributed by atoms with Crippen LogP contribution in [0.25, 0.3) is 0 Å². The van der Waals surface area contributed by atoms with E-state index in [4.69, 9.17) is 0 Å². The maximum atomic E-state index is 3.53. The third-order valence-electron chi connectivity index (χ3n) is 4.35. The van der Waals surface area contributed by atoms with Crippen molar-refractivity contribution in [3.05, 3.63) is 35.6 Å². The number of rotatable bonds is 4. The first-order valence-corrected chi connectivity index (χ1v) is 7.75. The Bertz CT molecular complexity index is 386. The number of piperidine rings is 1. The number of nitrogens with one attached hydrogen (secondary N) is 2. The molecular formula is C17H28N2. The van der Waals surface area contributed by atoms with Crippen LogP contribution in [0.15, 0.2) is 35.6 Å². The molecule has 1 aliphatic carbocycles. The Morgan fingerprint density at radius 3 is 2.79 bits per heavy atom. The van der Waals surface area contributed by atoms with Gasteiger partial charge in [0.15, 0.2) is 0 Å². The number of hydrogen-bond donors (Lipinski definition) is 2. The van der Waals surface area contributed by atoms with Gasteiger partial charge >= 0.3 is 0 Å². The van der Waals surface area contributed by atoms with Crippen molar-refractivity contribution in [3.8, 4) is 0 Å². The minimum absolute atomic E-state index is 0.174. The second kappa shape index (κ2) is 6.42. The first-order chi connectivity index (χ1) is 9.17. The van der Waals surface area contributed by atoms with E-state index in [0.29, 0.717) is 5.92 Å². The molecule has 19 heavy (non-hydrogen) atoms. The van der Waals surface area contributed by atoms with E-state index in [-0.39, 0.29) is 5.41 Å². The van der Waals surface area contributed by atoms with Gasteiger partial charge in [-0.05, 0) is 50.3 Å². The molecule has 2 aliphatic rings. The van der Waals surface area contributed by atoms with Crippen molar-refractivity contribution in [1.29, 1.82) is 0 Å². The molecule has 2 atom stereocenters. The van der Waals surface area contributed by atoms with Crippen LogP contribution in [0.3, 0.4) is 0 Å². The van der Waals surface area contributed by atoms with E-state index in [1.807, 2.05) is 0 Å². The summed E-state index contributed by atoms with van der Waals surface area (Å²) >= 11 is 0. The molecule has 2 rings (SSSR count). The predicted octanol–water partition coefficient (Wildman–Crippen LogP) is 3.39. The minimum atomic E-state index is 0.174. The average molecular weight is 260 g/mol. The lowest BCUT2D eigenvalue weighted by Gasteiger charge is -2.27. The van der Waals surface area contributed by atoms with E-state index >= 15 is 0 Å². The summed E-state index contributed by atoms with van der Waals surface area (Å²) in [6.45, 7) is 10.1. The summed E-state index contributed by atoms with van der Waals surface area (Å²) in [5.41, 5.74) is 2.95. The maximum Gasteiger partial charge on any atom is 0.0308 e. The summed E-state index contributed by atoms with van der Waals surface area (Å²) in [5.74, 6) is 0.685. The molecule has 2 heteroatoms. The molecule has 1 aliphatic heterocycles. The largest absolute Gasteiger partial charge is 0.386 e. The topological polar surface area (TPSA) is 24.1 Å². The second-order valence-corrected chi connectivity index (χ2v) is 6.01. The van der Waals surface area contributed by atoms with Crippen LogP contribution < -0.4 is 10.6 Å². The summed E-state index contributed by atoms with van der Waals surface area (Å²) in [7, 11) is 0. The third-order valence-corrected chi connectivity index (χ3v) is 4.35. The van der Waals surface area contributed by atoms with Crippen LogP contribution in [0, 0.1) is 11.3 Å². The van der Waals surface area contributed by atoms with Gasteiger partial charge in [-0.2, -0.15) is 0 Å². The van der Waals surface area contributed by atoms with E-state index in [2.05, 4.69) is 55.7 Å². The smallest absolute Gasteiger partial charge is 0.0308 e. The molecule has 2 nitrogen and oxygen atoms in total. The van der Waals surface area contributed by atoms with Gasteiger partial charge in [-0.3, -0.25) is 0 Å². The van der Waals surface area contributed by atoms with Crippen LogP contribution in [-0.2, 0) is 0 Å². The molecule has 1 unspecified atom stereocenters. The first kappa shape index (κ1) is 14.4. The number of likely N-dealkylation sites (N-methyl/N-ethyl adjacent to an activating group) is 1. The molecule has 106 valence electrons. The van der Waals surface area contributed by atoms with Gasteiger partial charge in [0.25, 0.3) is 0 Å². The van der Waals surface area contributed by atoms with Crippen LogP contribution in [0.2, 0.25) is 0 Å². The summed E-state index contributed by atoms with van der Waals surface area (Å²) in [5, 5.41) is 6.99. The Morgan fingerprint density at radius 2 is 2.16 bits per heavy atom. The van der Waals surface area contributed by atoms with Crippen molar-refractivity contribution in [2.24, 2.45) is 11.3 Å².